The number of rotatable bonds is 6. The van der Waals surface area contributed by atoms with Crippen LogP contribution in [0.3, 0.4) is 0 Å². The van der Waals surface area contributed by atoms with E-state index in [-0.39, 0.29) is 33.7 Å². The molecule has 2 aromatic heterocycles. The summed E-state index contributed by atoms with van der Waals surface area (Å²) in [5, 5.41) is 9.71. The molecule has 0 aliphatic rings. The molecule has 10 heteroatoms. The molecule has 7 nitrogen and oxygen atoms in total. The van der Waals surface area contributed by atoms with Crippen LogP contribution >= 0.6 is 0 Å². The Hall–Kier alpha value is -2.72. The first-order valence-electron chi connectivity index (χ1n) is 6.93. The summed E-state index contributed by atoms with van der Waals surface area (Å²) in [5.74, 6) is -0.470. The maximum atomic E-state index is 12.5. The Morgan fingerprint density at radius 2 is 2.20 bits per heavy atom. The molecule has 3 aromatic rings. The molecule has 0 radical (unpaired) electrons. The van der Waals surface area contributed by atoms with E-state index in [4.69, 9.17) is 0 Å². The van der Waals surface area contributed by atoms with E-state index in [1.54, 1.807) is 0 Å². The number of fused-ring (bicyclic) bond motifs is 1. The van der Waals surface area contributed by atoms with Gasteiger partial charge in [0, 0.05) is 23.4 Å². The van der Waals surface area contributed by atoms with Crippen LogP contribution in [0.4, 0.5) is 8.78 Å². The summed E-state index contributed by atoms with van der Waals surface area (Å²) in [7, 11) is 0. The summed E-state index contributed by atoms with van der Waals surface area (Å²) < 4.78 is 41.2. The molecule has 0 amide bonds. The number of imidazole rings is 1. The van der Waals surface area contributed by atoms with E-state index >= 15 is 0 Å². The minimum atomic E-state index is -2.96. The fraction of sp³-hybridized carbons (Fsp3) is 0.133. The van der Waals surface area contributed by atoms with Crippen molar-refractivity contribution in [1.29, 1.82) is 0 Å². The Kier molecular flexibility index (Phi) is 4.81. The third-order valence-corrected chi connectivity index (χ3v) is 4.47. The van der Waals surface area contributed by atoms with Crippen LogP contribution in [-0.4, -0.2) is 37.5 Å². The van der Waals surface area contributed by atoms with Gasteiger partial charge < -0.3 is 14.4 Å². The molecule has 1 unspecified atom stereocenters. The lowest BCUT2D eigenvalue weighted by atomic mass is 10.2. The second kappa shape index (κ2) is 7.03. The highest BCUT2D eigenvalue weighted by molar-refractivity contribution is 7.90. The van der Waals surface area contributed by atoms with Crippen LogP contribution in [0.15, 0.2) is 35.6 Å². The number of nitrogens with zero attached hydrogens (tertiary/aromatic N) is 2. The second-order valence-electron chi connectivity index (χ2n) is 4.90. The largest absolute Gasteiger partial charge is 0.609 e. The zero-order valence-electron chi connectivity index (χ0n) is 12.5. The quantitative estimate of drug-likeness (QED) is 0.511. The summed E-state index contributed by atoms with van der Waals surface area (Å²) in [6.45, 7) is -2.96. The van der Waals surface area contributed by atoms with Gasteiger partial charge in [-0.2, -0.15) is 13.8 Å². The number of pyridine rings is 1. The summed E-state index contributed by atoms with van der Waals surface area (Å²) >= 11 is -1.69. The van der Waals surface area contributed by atoms with Crippen LogP contribution in [0.25, 0.3) is 11.0 Å². The zero-order valence-corrected chi connectivity index (χ0v) is 13.3. The van der Waals surface area contributed by atoms with Crippen LogP contribution in [-0.2, 0) is 16.9 Å². The van der Waals surface area contributed by atoms with Gasteiger partial charge in [-0.15, -0.1) is 0 Å². The monoisotopic (exact) mass is 367 g/mol. The Labute approximate surface area is 142 Å². The van der Waals surface area contributed by atoms with Crippen molar-refractivity contribution in [3.63, 3.8) is 0 Å². The van der Waals surface area contributed by atoms with E-state index in [0.29, 0.717) is 17.3 Å². The van der Waals surface area contributed by atoms with Crippen LogP contribution in [0, 0.1) is 0 Å². The molecular formula is C15H11F2N3O4S. The third-order valence-electron chi connectivity index (χ3n) is 3.31. The molecule has 130 valence electrons. The van der Waals surface area contributed by atoms with Gasteiger partial charge in [0.15, 0.2) is 12.0 Å². The van der Waals surface area contributed by atoms with Gasteiger partial charge >= 0.3 is 11.8 Å². The molecule has 0 bridgehead atoms. The summed E-state index contributed by atoms with van der Waals surface area (Å²) in [5.41, 5.74) is 0.917. The molecule has 2 heterocycles. The number of hydrogen-bond acceptors (Lipinski definition) is 6. The number of alkyl halides is 2. The van der Waals surface area contributed by atoms with Gasteiger partial charge in [-0.25, -0.2) is 0 Å². The first-order valence-corrected chi connectivity index (χ1v) is 8.25. The number of aldehydes is 1. The number of nitrogens with one attached hydrogen (secondary N) is 1. The highest BCUT2D eigenvalue weighted by Crippen LogP contribution is 2.25. The highest BCUT2D eigenvalue weighted by atomic mass is 32.2. The van der Waals surface area contributed by atoms with Crippen LogP contribution in [0.5, 0.6) is 11.5 Å². The van der Waals surface area contributed by atoms with Crippen molar-refractivity contribution >= 4 is 28.5 Å². The lowest BCUT2D eigenvalue weighted by Gasteiger charge is -2.08. The predicted molar refractivity (Wildman–Crippen MR) is 84.1 cm³/mol. The van der Waals surface area contributed by atoms with Gasteiger partial charge in [0.2, 0.25) is 0 Å². The van der Waals surface area contributed by atoms with Crippen molar-refractivity contribution in [1.82, 2.24) is 15.0 Å². The minimum Gasteiger partial charge on any atom is -0.609 e. The van der Waals surface area contributed by atoms with Crippen LogP contribution in [0.1, 0.15) is 16.1 Å². The number of carbonyl (C=O) groups is 1. The number of ether oxygens (including phenoxy) is 1. The molecule has 1 aromatic carbocycles. The van der Waals surface area contributed by atoms with Gasteiger partial charge in [-0.05, 0) is 18.2 Å². The number of carbonyl (C=O) groups excluding carboxylic acids is 1. The van der Waals surface area contributed by atoms with E-state index in [9.17, 15) is 23.2 Å². The topological polar surface area (TPSA) is 111 Å². The SMILES string of the molecule is O=Cc1c(O)ccnc1C[S+]([O-])c1nc2cc(OC(F)F)ccc2[nH]1. The Balaban J connectivity index is 1.86. The lowest BCUT2D eigenvalue weighted by Crippen LogP contribution is -2.10. The van der Waals surface area contributed by atoms with Gasteiger partial charge in [0.25, 0.3) is 0 Å². The number of benzene rings is 1. The summed E-state index contributed by atoms with van der Waals surface area (Å²) in [6.07, 6.45) is 1.73. The van der Waals surface area contributed by atoms with Crippen molar-refractivity contribution in [2.45, 2.75) is 17.5 Å². The predicted octanol–water partition coefficient (Wildman–Crippen LogP) is 2.39. The molecule has 25 heavy (non-hydrogen) atoms. The molecule has 0 saturated carbocycles. The number of halogens is 2. The first kappa shape index (κ1) is 17.1. The van der Waals surface area contributed by atoms with Crippen molar-refractivity contribution < 1.29 is 28.0 Å². The number of H-pyrrole nitrogens is 1. The first-order chi connectivity index (χ1) is 12.0. The van der Waals surface area contributed by atoms with E-state index in [2.05, 4.69) is 19.7 Å². The second-order valence-corrected chi connectivity index (χ2v) is 6.26. The number of hydrogen-bond donors (Lipinski definition) is 2. The Morgan fingerprint density at radius 3 is 2.92 bits per heavy atom. The molecular weight excluding hydrogens is 356 g/mol. The zero-order chi connectivity index (χ0) is 18.0. The van der Waals surface area contributed by atoms with Crippen molar-refractivity contribution in [2.24, 2.45) is 0 Å². The van der Waals surface area contributed by atoms with Gasteiger partial charge in [-0.3, -0.25) is 14.8 Å². The van der Waals surface area contributed by atoms with Gasteiger partial charge in [-0.1, -0.05) is 0 Å². The van der Waals surface area contributed by atoms with E-state index in [1.807, 2.05) is 0 Å². The molecule has 0 aliphatic heterocycles. The average Bonchev–Trinajstić information content (AvgIpc) is 2.98. The minimum absolute atomic E-state index is 0.0421. The Bertz CT molecular complexity index is 919. The number of aromatic amines is 1. The summed E-state index contributed by atoms with van der Waals surface area (Å²) in [4.78, 5) is 21.9. The Morgan fingerprint density at radius 1 is 1.40 bits per heavy atom. The smallest absolute Gasteiger partial charge is 0.387 e. The molecule has 0 aliphatic carbocycles. The fourth-order valence-corrected chi connectivity index (χ4v) is 3.23. The average molecular weight is 367 g/mol. The molecule has 3 rings (SSSR count). The lowest BCUT2D eigenvalue weighted by molar-refractivity contribution is -0.0497. The van der Waals surface area contributed by atoms with Crippen LogP contribution in [0.2, 0.25) is 0 Å². The number of aromatic nitrogens is 3. The molecule has 0 spiro atoms. The third kappa shape index (κ3) is 3.69. The fourth-order valence-electron chi connectivity index (χ4n) is 2.19. The standard InChI is InChI=1S/C15H11F2N3O4S/c16-14(17)24-8-1-2-10-11(5-8)20-15(19-10)25(23)7-12-9(6-21)13(22)3-4-18-12/h1-6,14H,7H2,(H,18,22)(H,19,20). The van der Waals surface area contributed by atoms with E-state index in [0.717, 1.165) is 0 Å². The van der Waals surface area contributed by atoms with Gasteiger partial charge in [0.1, 0.15) is 17.2 Å². The molecule has 2 N–H and O–H groups in total. The molecule has 0 fully saturated rings. The van der Waals surface area contributed by atoms with Crippen molar-refractivity contribution in [3.8, 4) is 11.5 Å². The maximum Gasteiger partial charge on any atom is 0.387 e. The van der Waals surface area contributed by atoms with E-state index in [1.165, 1.54) is 30.5 Å². The van der Waals surface area contributed by atoms with Crippen molar-refractivity contribution in [3.05, 3.63) is 41.7 Å². The van der Waals surface area contributed by atoms with Gasteiger partial charge in [0.05, 0.1) is 16.6 Å². The van der Waals surface area contributed by atoms with Crippen molar-refractivity contribution in [2.75, 3.05) is 0 Å². The van der Waals surface area contributed by atoms with E-state index < -0.39 is 17.8 Å². The normalized spacial score (nSPS) is 12.5. The molecule has 1 atom stereocenters. The summed E-state index contributed by atoms with van der Waals surface area (Å²) in [6, 6.07) is 5.36. The number of aromatic hydroxyl groups is 1. The maximum absolute atomic E-state index is 12.5. The van der Waals surface area contributed by atoms with Crippen LogP contribution < -0.4 is 4.74 Å². The highest BCUT2D eigenvalue weighted by Gasteiger charge is 2.21. The molecule has 0 saturated heterocycles.